The Morgan fingerprint density at radius 3 is 2.68 bits per heavy atom. The van der Waals surface area contributed by atoms with Crippen molar-refractivity contribution >= 4 is 16.9 Å². The number of likely N-dealkylation sites (N-methyl/N-ethyl adjacent to an activating group) is 1. The second-order valence-electron chi connectivity index (χ2n) is 7.33. The van der Waals surface area contributed by atoms with Crippen molar-refractivity contribution in [3.8, 4) is 0 Å². The number of carbonyl (C=O) groups is 1. The first-order valence-corrected chi connectivity index (χ1v) is 9.02. The number of morpholine rings is 1. The van der Waals surface area contributed by atoms with E-state index in [1.54, 1.807) is 12.1 Å². The van der Waals surface area contributed by atoms with Gasteiger partial charge >= 0.3 is 6.18 Å². The highest BCUT2D eigenvalue weighted by Crippen LogP contribution is 2.36. The molecule has 2 saturated heterocycles. The molecule has 4 heterocycles. The minimum atomic E-state index is -5.17. The summed E-state index contributed by atoms with van der Waals surface area (Å²) in [5.41, 5.74) is 0.345. The van der Waals surface area contributed by atoms with Crippen LogP contribution in [0.25, 0.3) is 11.0 Å². The molecule has 1 N–H and O–H groups in total. The minimum Gasteiger partial charge on any atom is -0.378 e. The zero-order valence-corrected chi connectivity index (χ0v) is 15.1. The number of nitrogens with one attached hydrogen (secondary N) is 1. The van der Waals surface area contributed by atoms with Crippen LogP contribution in [0, 0.1) is 0 Å². The van der Waals surface area contributed by atoms with E-state index < -0.39 is 24.4 Å². The van der Waals surface area contributed by atoms with Crippen molar-refractivity contribution in [2.24, 2.45) is 0 Å². The van der Waals surface area contributed by atoms with Gasteiger partial charge in [0, 0.05) is 35.9 Å². The SMILES string of the molecule is CN1[C@@H]2COC[C@H]1C[C@@H](N(C(=O)c1c[nH]c3ncccc13)[C@@H](F)C(F)(F)F)C2. The third-order valence-electron chi connectivity index (χ3n) is 5.68. The summed E-state index contributed by atoms with van der Waals surface area (Å²) in [4.78, 5) is 22.3. The molecule has 0 saturated carbocycles. The number of carbonyl (C=O) groups excluding carboxylic acids is 1. The van der Waals surface area contributed by atoms with Gasteiger partial charge < -0.3 is 9.72 Å². The number of halogens is 4. The average Bonchev–Trinajstić information content (AvgIpc) is 3.05. The Hall–Kier alpha value is -2.20. The molecule has 0 aliphatic carbocycles. The summed E-state index contributed by atoms with van der Waals surface area (Å²) in [5.74, 6) is -0.988. The first-order valence-electron chi connectivity index (χ1n) is 9.02. The smallest absolute Gasteiger partial charge is 0.378 e. The summed E-state index contributed by atoms with van der Waals surface area (Å²) in [7, 11) is 1.88. The van der Waals surface area contributed by atoms with Crippen molar-refractivity contribution in [3.63, 3.8) is 0 Å². The van der Waals surface area contributed by atoms with Gasteiger partial charge in [-0.15, -0.1) is 0 Å². The standard InChI is InChI=1S/C18H20F4N4O2/c1-25-11-5-10(6-12(25)9-28-8-11)26(17(19)18(20,21)22)16(27)14-7-24-15-13(14)3-2-4-23-15/h2-4,7,10-12,17H,5-6,8-9H2,1H3,(H,23,24)/t10-,11-,12+,17-/m1/s1. The fourth-order valence-electron chi connectivity index (χ4n) is 4.18. The molecule has 28 heavy (non-hydrogen) atoms. The second-order valence-corrected chi connectivity index (χ2v) is 7.33. The van der Waals surface area contributed by atoms with Gasteiger partial charge in [-0.05, 0) is 32.0 Å². The lowest BCUT2D eigenvalue weighted by Crippen LogP contribution is -2.62. The summed E-state index contributed by atoms with van der Waals surface area (Å²) < 4.78 is 60.0. The van der Waals surface area contributed by atoms with Crippen LogP contribution >= 0.6 is 0 Å². The number of ether oxygens (including phenoxy) is 1. The Bertz CT molecular complexity index is 857. The fraction of sp³-hybridized carbons (Fsp3) is 0.556. The van der Waals surface area contributed by atoms with Crippen LogP contribution in [0.15, 0.2) is 24.5 Å². The van der Waals surface area contributed by atoms with E-state index in [4.69, 9.17) is 4.74 Å². The predicted octanol–water partition coefficient (Wildman–Crippen LogP) is 2.72. The van der Waals surface area contributed by atoms with Crippen molar-refractivity contribution in [3.05, 3.63) is 30.1 Å². The zero-order chi connectivity index (χ0) is 20.1. The van der Waals surface area contributed by atoms with E-state index in [1.165, 1.54) is 12.4 Å². The number of H-pyrrole nitrogens is 1. The summed E-state index contributed by atoms with van der Waals surface area (Å²) >= 11 is 0. The van der Waals surface area contributed by atoms with E-state index in [1.807, 2.05) is 11.9 Å². The van der Waals surface area contributed by atoms with Gasteiger partial charge in [-0.2, -0.15) is 13.2 Å². The van der Waals surface area contributed by atoms with Crippen LogP contribution in [0.5, 0.6) is 0 Å². The van der Waals surface area contributed by atoms with Gasteiger partial charge in [0.05, 0.1) is 18.8 Å². The van der Waals surface area contributed by atoms with Crippen molar-refractivity contribution in [1.29, 1.82) is 0 Å². The number of aromatic nitrogens is 2. The van der Waals surface area contributed by atoms with Gasteiger partial charge in [-0.25, -0.2) is 9.37 Å². The van der Waals surface area contributed by atoms with Gasteiger partial charge in [0.1, 0.15) is 5.65 Å². The number of hydrogen-bond acceptors (Lipinski definition) is 4. The molecule has 2 bridgehead atoms. The van der Waals surface area contributed by atoms with Crippen LogP contribution in [0.1, 0.15) is 23.2 Å². The van der Waals surface area contributed by atoms with Crippen molar-refractivity contribution < 1.29 is 27.1 Å². The zero-order valence-electron chi connectivity index (χ0n) is 15.1. The lowest BCUT2D eigenvalue weighted by Gasteiger charge is -2.49. The summed E-state index contributed by atoms with van der Waals surface area (Å²) in [5, 5.41) is 0.364. The van der Waals surface area contributed by atoms with Gasteiger partial charge in [-0.3, -0.25) is 14.6 Å². The lowest BCUT2D eigenvalue weighted by molar-refractivity contribution is -0.224. The predicted molar refractivity (Wildman–Crippen MR) is 92.4 cm³/mol. The highest BCUT2D eigenvalue weighted by atomic mass is 19.4. The molecular weight excluding hydrogens is 380 g/mol. The quantitative estimate of drug-likeness (QED) is 0.636. The number of alkyl halides is 4. The maximum Gasteiger partial charge on any atom is 0.438 e. The average molecular weight is 400 g/mol. The van der Waals surface area contributed by atoms with E-state index in [9.17, 15) is 22.4 Å². The monoisotopic (exact) mass is 400 g/mol. The van der Waals surface area contributed by atoms with Crippen LogP contribution in [0.4, 0.5) is 17.6 Å². The van der Waals surface area contributed by atoms with Crippen molar-refractivity contribution in [2.45, 2.75) is 43.4 Å². The van der Waals surface area contributed by atoms with Gasteiger partial charge in [0.25, 0.3) is 12.2 Å². The summed E-state index contributed by atoms with van der Waals surface area (Å²) in [6.45, 7) is 0.705. The molecular formula is C18H20F4N4O2. The number of piperidine rings is 1. The van der Waals surface area contributed by atoms with Gasteiger partial charge in [0.15, 0.2) is 0 Å². The number of aromatic amines is 1. The Labute approximate surface area is 158 Å². The summed E-state index contributed by atoms with van der Waals surface area (Å²) in [6, 6.07) is 1.96. The Morgan fingerprint density at radius 1 is 1.36 bits per heavy atom. The topological polar surface area (TPSA) is 61.5 Å². The Balaban J connectivity index is 1.71. The molecule has 2 aliphatic rings. The molecule has 1 amide bonds. The van der Waals surface area contributed by atoms with E-state index in [0.29, 0.717) is 29.1 Å². The number of fused-ring (bicyclic) bond motifs is 3. The lowest BCUT2D eigenvalue weighted by atomic mass is 9.89. The fourth-order valence-corrected chi connectivity index (χ4v) is 4.18. The second kappa shape index (κ2) is 7.00. The first-order chi connectivity index (χ1) is 13.3. The molecule has 0 aromatic carbocycles. The van der Waals surface area contributed by atoms with Crippen LogP contribution < -0.4 is 0 Å². The Kier molecular flexibility index (Phi) is 4.78. The van der Waals surface area contributed by atoms with E-state index in [2.05, 4.69) is 9.97 Å². The molecule has 2 fully saturated rings. The molecule has 4 rings (SSSR count). The normalized spacial score (nSPS) is 27.0. The van der Waals surface area contributed by atoms with Crippen LogP contribution in [0.3, 0.4) is 0 Å². The van der Waals surface area contributed by atoms with Crippen LogP contribution in [0.2, 0.25) is 0 Å². The maximum absolute atomic E-state index is 14.6. The summed E-state index contributed by atoms with van der Waals surface area (Å²) in [6.07, 6.45) is -5.33. The first kappa shape index (κ1) is 19.1. The third-order valence-corrected chi connectivity index (χ3v) is 5.68. The molecule has 2 aromatic rings. The third kappa shape index (κ3) is 3.24. The number of hydrogen-bond donors (Lipinski definition) is 1. The highest BCUT2D eigenvalue weighted by Gasteiger charge is 2.51. The molecule has 2 aliphatic heterocycles. The molecule has 6 nitrogen and oxygen atoms in total. The molecule has 10 heteroatoms. The number of amides is 1. The Morgan fingerprint density at radius 2 is 2.04 bits per heavy atom. The van der Waals surface area contributed by atoms with Gasteiger partial charge in [-0.1, -0.05) is 0 Å². The highest BCUT2D eigenvalue weighted by molar-refractivity contribution is 6.06. The van der Waals surface area contributed by atoms with Crippen LogP contribution in [-0.4, -0.2) is 76.5 Å². The van der Waals surface area contributed by atoms with E-state index >= 15 is 0 Å². The molecule has 0 spiro atoms. The molecule has 4 atom stereocenters. The van der Waals surface area contributed by atoms with Crippen LogP contribution in [-0.2, 0) is 4.74 Å². The van der Waals surface area contributed by atoms with E-state index in [0.717, 1.165) is 0 Å². The number of rotatable bonds is 3. The molecule has 0 radical (unpaired) electrons. The number of nitrogens with zero attached hydrogens (tertiary/aromatic N) is 3. The molecule has 152 valence electrons. The van der Waals surface area contributed by atoms with Crippen molar-refractivity contribution in [2.75, 3.05) is 20.3 Å². The molecule has 2 aromatic heterocycles. The maximum atomic E-state index is 14.6. The largest absolute Gasteiger partial charge is 0.438 e. The minimum absolute atomic E-state index is 0.0182. The van der Waals surface area contributed by atoms with Crippen molar-refractivity contribution in [1.82, 2.24) is 19.8 Å². The van der Waals surface area contributed by atoms with Gasteiger partial charge in [0.2, 0.25) is 0 Å². The van der Waals surface area contributed by atoms with E-state index in [-0.39, 0.29) is 30.5 Å². The molecule has 0 unspecified atom stereocenters. The number of pyridine rings is 1.